The van der Waals surface area contributed by atoms with Gasteiger partial charge in [-0.3, -0.25) is 0 Å². The first-order valence-corrected chi connectivity index (χ1v) is 4.72. The van der Waals surface area contributed by atoms with Crippen molar-refractivity contribution in [3.05, 3.63) is 29.8 Å². The van der Waals surface area contributed by atoms with Crippen LogP contribution in [0.25, 0.3) is 0 Å². The molecule has 0 aromatic heterocycles. The predicted octanol–water partition coefficient (Wildman–Crippen LogP) is 0.996. The first-order valence-electron chi connectivity index (χ1n) is 4.72. The maximum atomic E-state index is 8.99. The summed E-state index contributed by atoms with van der Waals surface area (Å²) in [4.78, 5) is 2.00. The Bertz CT molecular complexity index is 271. The number of hydrogen-bond acceptors (Lipinski definition) is 3. The number of anilines is 1. The number of aliphatic hydroxyl groups is 2. The SMILES string of the molecule is CC(CO)N(C)c1ccc(CO)cc1. The minimum Gasteiger partial charge on any atom is -0.394 e. The lowest BCUT2D eigenvalue weighted by atomic mass is 10.2. The molecule has 0 radical (unpaired) electrons. The average molecular weight is 195 g/mol. The van der Waals surface area contributed by atoms with Crippen molar-refractivity contribution in [2.24, 2.45) is 0 Å². The monoisotopic (exact) mass is 195 g/mol. The molecule has 0 saturated heterocycles. The summed E-state index contributed by atoms with van der Waals surface area (Å²) in [5.74, 6) is 0. The highest BCUT2D eigenvalue weighted by molar-refractivity contribution is 5.47. The van der Waals surface area contributed by atoms with Crippen LogP contribution >= 0.6 is 0 Å². The molecule has 0 fully saturated rings. The molecule has 1 aromatic carbocycles. The van der Waals surface area contributed by atoms with Crippen molar-refractivity contribution < 1.29 is 10.2 Å². The van der Waals surface area contributed by atoms with Gasteiger partial charge in [-0.05, 0) is 24.6 Å². The molecule has 0 aliphatic carbocycles. The van der Waals surface area contributed by atoms with Crippen LogP contribution in [0.2, 0.25) is 0 Å². The summed E-state index contributed by atoms with van der Waals surface area (Å²) in [6.07, 6.45) is 0. The third-order valence-electron chi connectivity index (χ3n) is 2.45. The predicted molar refractivity (Wildman–Crippen MR) is 57.3 cm³/mol. The second kappa shape index (κ2) is 4.98. The van der Waals surface area contributed by atoms with E-state index in [0.717, 1.165) is 11.3 Å². The Hall–Kier alpha value is -1.06. The van der Waals surface area contributed by atoms with Crippen molar-refractivity contribution >= 4 is 5.69 Å². The largest absolute Gasteiger partial charge is 0.394 e. The molecular formula is C11H17NO2. The zero-order valence-corrected chi connectivity index (χ0v) is 8.64. The minimum atomic E-state index is 0.0690. The maximum absolute atomic E-state index is 8.99. The molecule has 0 saturated carbocycles. The minimum absolute atomic E-state index is 0.0690. The lowest BCUT2D eigenvalue weighted by Gasteiger charge is -2.25. The lowest BCUT2D eigenvalue weighted by molar-refractivity contribution is 0.270. The van der Waals surface area contributed by atoms with Gasteiger partial charge in [0.2, 0.25) is 0 Å². The molecule has 0 spiro atoms. The van der Waals surface area contributed by atoms with E-state index in [4.69, 9.17) is 10.2 Å². The Kier molecular flexibility index (Phi) is 3.92. The normalized spacial score (nSPS) is 12.6. The van der Waals surface area contributed by atoms with Gasteiger partial charge in [0.25, 0.3) is 0 Å². The van der Waals surface area contributed by atoms with E-state index < -0.39 is 0 Å². The molecule has 0 bridgehead atoms. The van der Waals surface area contributed by atoms with Gasteiger partial charge in [-0.1, -0.05) is 12.1 Å². The Morgan fingerprint density at radius 2 is 1.79 bits per heavy atom. The van der Waals surface area contributed by atoms with Crippen LogP contribution in [0.4, 0.5) is 5.69 Å². The summed E-state index contributed by atoms with van der Waals surface area (Å²) in [5, 5.41) is 17.9. The van der Waals surface area contributed by atoms with E-state index in [1.54, 1.807) is 0 Å². The number of aliphatic hydroxyl groups excluding tert-OH is 2. The van der Waals surface area contributed by atoms with Gasteiger partial charge in [-0.25, -0.2) is 0 Å². The summed E-state index contributed by atoms with van der Waals surface area (Å²) >= 11 is 0. The zero-order valence-electron chi connectivity index (χ0n) is 8.64. The molecule has 14 heavy (non-hydrogen) atoms. The Morgan fingerprint density at radius 3 is 2.21 bits per heavy atom. The van der Waals surface area contributed by atoms with Gasteiger partial charge < -0.3 is 15.1 Å². The van der Waals surface area contributed by atoms with Crippen LogP contribution in [0.3, 0.4) is 0 Å². The fraction of sp³-hybridized carbons (Fsp3) is 0.455. The second-order valence-corrected chi connectivity index (χ2v) is 3.47. The van der Waals surface area contributed by atoms with Crippen molar-refractivity contribution in [2.45, 2.75) is 19.6 Å². The molecule has 78 valence electrons. The number of rotatable bonds is 4. The molecule has 1 aromatic rings. The van der Waals surface area contributed by atoms with E-state index in [-0.39, 0.29) is 19.3 Å². The van der Waals surface area contributed by atoms with Gasteiger partial charge in [-0.15, -0.1) is 0 Å². The molecule has 0 aliphatic heterocycles. The van der Waals surface area contributed by atoms with Gasteiger partial charge in [0.15, 0.2) is 0 Å². The molecule has 1 atom stereocenters. The molecule has 3 nitrogen and oxygen atoms in total. The number of likely N-dealkylation sites (N-methyl/N-ethyl adjacent to an activating group) is 1. The summed E-state index contributed by atoms with van der Waals surface area (Å²) in [6.45, 7) is 2.16. The quantitative estimate of drug-likeness (QED) is 0.753. The van der Waals surface area contributed by atoms with Crippen LogP contribution in [0.1, 0.15) is 12.5 Å². The van der Waals surface area contributed by atoms with E-state index in [1.807, 2.05) is 43.1 Å². The Labute approximate surface area is 84.6 Å². The molecule has 0 amide bonds. The third-order valence-corrected chi connectivity index (χ3v) is 2.45. The number of benzene rings is 1. The van der Waals surface area contributed by atoms with Gasteiger partial charge in [-0.2, -0.15) is 0 Å². The highest BCUT2D eigenvalue weighted by Gasteiger charge is 2.07. The Balaban J connectivity index is 2.75. The van der Waals surface area contributed by atoms with E-state index in [1.165, 1.54) is 0 Å². The molecule has 0 aliphatic rings. The fourth-order valence-electron chi connectivity index (χ4n) is 1.21. The first-order chi connectivity index (χ1) is 6.69. The fourth-order valence-corrected chi connectivity index (χ4v) is 1.21. The number of nitrogens with zero attached hydrogens (tertiary/aromatic N) is 1. The van der Waals surface area contributed by atoms with E-state index in [2.05, 4.69) is 0 Å². The highest BCUT2D eigenvalue weighted by Crippen LogP contribution is 2.15. The van der Waals surface area contributed by atoms with Crippen molar-refractivity contribution in [2.75, 3.05) is 18.6 Å². The van der Waals surface area contributed by atoms with E-state index in [9.17, 15) is 0 Å². The first kappa shape index (κ1) is 11.0. The standard InChI is InChI=1S/C11H17NO2/c1-9(7-13)12(2)11-5-3-10(8-14)4-6-11/h3-6,9,13-14H,7-8H2,1-2H3. The van der Waals surface area contributed by atoms with Crippen molar-refractivity contribution in [3.63, 3.8) is 0 Å². The lowest BCUT2D eigenvalue weighted by Crippen LogP contribution is -2.31. The topological polar surface area (TPSA) is 43.7 Å². The second-order valence-electron chi connectivity index (χ2n) is 3.47. The zero-order chi connectivity index (χ0) is 10.6. The molecule has 1 rings (SSSR count). The van der Waals surface area contributed by atoms with Crippen LogP contribution in [-0.2, 0) is 6.61 Å². The van der Waals surface area contributed by atoms with Gasteiger partial charge in [0.1, 0.15) is 0 Å². The van der Waals surface area contributed by atoms with Crippen LogP contribution in [0.5, 0.6) is 0 Å². The smallest absolute Gasteiger partial charge is 0.0681 e. The third kappa shape index (κ3) is 2.47. The highest BCUT2D eigenvalue weighted by atomic mass is 16.3. The molecular weight excluding hydrogens is 178 g/mol. The molecule has 1 unspecified atom stereocenters. The summed E-state index contributed by atoms with van der Waals surface area (Å²) < 4.78 is 0. The van der Waals surface area contributed by atoms with Gasteiger partial charge in [0.05, 0.1) is 13.2 Å². The summed E-state index contributed by atoms with van der Waals surface area (Å²) in [6, 6.07) is 7.76. The van der Waals surface area contributed by atoms with Crippen LogP contribution in [0.15, 0.2) is 24.3 Å². The molecule has 2 N–H and O–H groups in total. The molecule has 3 heteroatoms. The summed E-state index contributed by atoms with van der Waals surface area (Å²) in [7, 11) is 1.94. The van der Waals surface area contributed by atoms with Gasteiger partial charge in [0, 0.05) is 18.8 Å². The maximum Gasteiger partial charge on any atom is 0.0681 e. The van der Waals surface area contributed by atoms with Crippen LogP contribution in [0, 0.1) is 0 Å². The van der Waals surface area contributed by atoms with Crippen molar-refractivity contribution in [3.8, 4) is 0 Å². The van der Waals surface area contributed by atoms with Crippen LogP contribution < -0.4 is 4.90 Å². The summed E-state index contributed by atoms with van der Waals surface area (Å²) in [5.41, 5.74) is 1.95. The van der Waals surface area contributed by atoms with Crippen molar-refractivity contribution in [1.82, 2.24) is 0 Å². The molecule has 0 heterocycles. The average Bonchev–Trinajstić information content (AvgIpc) is 2.27. The Morgan fingerprint density at radius 1 is 1.21 bits per heavy atom. The van der Waals surface area contributed by atoms with E-state index >= 15 is 0 Å². The van der Waals surface area contributed by atoms with Gasteiger partial charge >= 0.3 is 0 Å². The van der Waals surface area contributed by atoms with Crippen LogP contribution in [-0.4, -0.2) is 29.9 Å². The van der Waals surface area contributed by atoms with Crippen molar-refractivity contribution in [1.29, 1.82) is 0 Å². The number of hydrogen-bond donors (Lipinski definition) is 2. The van der Waals surface area contributed by atoms with E-state index in [0.29, 0.717) is 0 Å².